The van der Waals surface area contributed by atoms with Crippen LogP contribution in [0.3, 0.4) is 0 Å². The highest BCUT2D eigenvalue weighted by atomic mass is 16.3. The Labute approximate surface area is 122 Å². The molecule has 0 aliphatic heterocycles. The van der Waals surface area contributed by atoms with Crippen molar-refractivity contribution < 1.29 is 5.11 Å². The lowest BCUT2D eigenvalue weighted by atomic mass is 9.94. The van der Waals surface area contributed by atoms with Crippen LogP contribution in [0.4, 0.5) is 0 Å². The second-order valence-electron chi connectivity index (χ2n) is 5.63. The van der Waals surface area contributed by atoms with Crippen LogP contribution in [-0.2, 0) is 0 Å². The van der Waals surface area contributed by atoms with Crippen LogP contribution >= 0.6 is 0 Å². The van der Waals surface area contributed by atoms with Crippen molar-refractivity contribution in [3.8, 4) is 11.1 Å². The van der Waals surface area contributed by atoms with Gasteiger partial charge in [-0.1, -0.05) is 81.3 Å². The van der Waals surface area contributed by atoms with Crippen LogP contribution in [0.5, 0.6) is 0 Å². The Morgan fingerprint density at radius 2 is 1.50 bits per heavy atom. The summed E-state index contributed by atoms with van der Waals surface area (Å²) in [5.74, 6) is 0.573. The lowest BCUT2D eigenvalue weighted by Gasteiger charge is -2.16. The molecule has 1 nitrogen and oxygen atoms in total. The molecule has 0 spiro atoms. The van der Waals surface area contributed by atoms with Gasteiger partial charge in [-0.05, 0) is 29.0 Å². The van der Waals surface area contributed by atoms with E-state index in [1.165, 1.54) is 24.0 Å². The summed E-state index contributed by atoms with van der Waals surface area (Å²) in [6.45, 7) is 4.41. The molecule has 0 bridgehead atoms. The minimum absolute atomic E-state index is 0.346. The summed E-state index contributed by atoms with van der Waals surface area (Å²) in [5, 5.41) is 10.3. The van der Waals surface area contributed by atoms with Crippen molar-refractivity contribution in [2.24, 2.45) is 5.92 Å². The molecule has 0 radical (unpaired) electrons. The van der Waals surface area contributed by atoms with Gasteiger partial charge >= 0.3 is 0 Å². The Morgan fingerprint density at radius 1 is 0.900 bits per heavy atom. The second-order valence-corrected chi connectivity index (χ2v) is 5.63. The third-order valence-electron chi connectivity index (χ3n) is 3.81. The maximum absolute atomic E-state index is 10.3. The van der Waals surface area contributed by atoms with Crippen molar-refractivity contribution in [2.45, 2.75) is 39.2 Å². The molecule has 2 aromatic carbocycles. The Bertz CT molecular complexity index is 501. The molecule has 20 heavy (non-hydrogen) atoms. The zero-order valence-corrected chi connectivity index (χ0v) is 12.4. The van der Waals surface area contributed by atoms with Crippen LogP contribution in [0.15, 0.2) is 54.6 Å². The maximum atomic E-state index is 10.3. The quantitative estimate of drug-likeness (QED) is 0.762. The van der Waals surface area contributed by atoms with E-state index in [0.29, 0.717) is 5.92 Å². The molecular formula is C19H24O. The third kappa shape index (κ3) is 3.94. The lowest BCUT2D eigenvalue weighted by Crippen LogP contribution is -2.04. The minimum atomic E-state index is -0.346. The fraction of sp³-hybridized carbons (Fsp3) is 0.368. The van der Waals surface area contributed by atoms with Crippen LogP contribution in [-0.4, -0.2) is 5.11 Å². The summed E-state index contributed by atoms with van der Waals surface area (Å²) < 4.78 is 0. The highest BCUT2D eigenvalue weighted by Crippen LogP contribution is 2.26. The molecule has 2 atom stereocenters. The fourth-order valence-electron chi connectivity index (χ4n) is 2.66. The number of benzene rings is 2. The standard InChI is InChI=1S/C19H24O/c1-3-7-15(2)14-19(20)18-12-10-17(11-13-18)16-8-5-4-6-9-16/h4-6,8-13,15,19-20H,3,7,14H2,1-2H3. The summed E-state index contributed by atoms with van der Waals surface area (Å²) >= 11 is 0. The average molecular weight is 268 g/mol. The average Bonchev–Trinajstić information content (AvgIpc) is 2.48. The van der Waals surface area contributed by atoms with Gasteiger partial charge in [0.15, 0.2) is 0 Å². The smallest absolute Gasteiger partial charge is 0.0792 e. The molecule has 0 aliphatic rings. The van der Waals surface area contributed by atoms with E-state index in [-0.39, 0.29) is 6.10 Å². The first-order valence-corrected chi connectivity index (χ1v) is 7.54. The molecule has 1 heteroatoms. The highest BCUT2D eigenvalue weighted by Gasteiger charge is 2.12. The van der Waals surface area contributed by atoms with E-state index in [1.807, 2.05) is 30.3 Å². The molecule has 0 aliphatic carbocycles. The first-order chi connectivity index (χ1) is 9.70. The van der Waals surface area contributed by atoms with Gasteiger partial charge in [-0.3, -0.25) is 0 Å². The van der Waals surface area contributed by atoms with Gasteiger partial charge in [-0.2, -0.15) is 0 Å². The van der Waals surface area contributed by atoms with Gasteiger partial charge in [-0.25, -0.2) is 0 Å². The Morgan fingerprint density at radius 3 is 2.10 bits per heavy atom. The van der Waals surface area contributed by atoms with E-state index < -0.39 is 0 Å². The van der Waals surface area contributed by atoms with Gasteiger partial charge in [0.05, 0.1) is 6.10 Å². The van der Waals surface area contributed by atoms with Crippen molar-refractivity contribution in [1.29, 1.82) is 0 Å². The van der Waals surface area contributed by atoms with Crippen molar-refractivity contribution in [3.63, 3.8) is 0 Å². The molecule has 0 aromatic heterocycles. The van der Waals surface area contributed by atoms with Gasteiger partial charge in [0.2, 0.25) is 0 Å². The second kappa shape index (κ2) is 7.25. The number of rotatable bonds is 6. The molecule has 0 amide bonds. The zero-order valence-electron chi connectivity index (χ0n) is 12.4. The lowest BCUT2D eigenvalue weighted by molar-refractivity contribution is 0.145. The molecule has 2 aromatic rings. The molecule has 2 unspecified atom stereocenters. The SMILES string of the molecule is CCCC(C)CC(O)c1ccc(-c2ccccc2)cc1. The van der Waals surface area contributed by atoms with Gasteiger partial charge in [0.1, 0.15) is 0 Å². The number of hydrogen-bond donors (Lipinski definition) is 1. The topological polar surface area (TPSA) is 20.2 Å². The van der Waals surface area contributed by atoms with E-state index in [2.05, 4.69) is 38.1 Å². The minimum Gasteiger partial charge on any atom is -0.388 e. The van der Waals surface area contributed by atoms with Gasteiger partial charge in [0, 0.05) is 0 Å². The van der Waals surface area contributed by atoms with Crippen LogP contribution in [0.2, 0.25) is 0 Å². The Hall–Kier alpha value is -1.60. The Kier molecular flexibility index (Phi) is 5.37. The predicted octanol–water partition coefficient (Wildman–Crippen LogP) is 5.21. The van der Waals surface area contributed by atoms with Crippen molar-refractivity contribution in [3.05, 3.63) is 60.2 Å². The molecular weight excluding hydrogens is 244 g/mol. The molecule has 0 saturated heterocycles. The fourth-order valence-corrected chi connectivity index (χ4v) is 2.66. The first kappa shape index (κ1) is 14.8. The van der Waals surface area contributed by atoms with E-state index in [1.54, 1.807) is 0 Å². The van der Waals surface area contributed by atoms with Gasteiger partial charge < -0.3 is 5.11 Å². The summed E-state index contributed by atoms with van der Waals surface area (Å²) in [6, 6.07) is 18.6. The van der Waals surface area contributed by atoms with Crippen molar-refractivity contribution in [2.75, 3.05) is 0 Å². The van der Waals surface area contributed by atoms with E-state index >= 15 is 0 Å². The molecule has 0 saturated carbocycles. The van der Waals surface area contributed by atoms with Crippen LogP contribution in [0, 0.1) is 5.92 Å². The normalized spacial score (nSPS) is 13.9. The third-order valence-corrected chi connectivity index (χ3v) is 3.81. The summed E-state index contributed by atoms with van der Waals surface area (Å²) in [4.78, 5) is 0. The zero-order chi connectivity index (χ0) is 14.4. The molecule has 106 valence electrons. The van der Waals surface area contributed by atoms with Crippen LogP contribution in [0.1, 0.15) is 44.8 Å². The maximum Gasteiger partial charge on any atom is 0.0792 e. The molecule has 1 N–H and O–H groups in total. The number of hydrogen-bond acceptors (Lipinski definition) is 1. The van der Waals surface area contributed by atoms with Crippen molar-refractivity contribution >= 4 is 0 Å². The molecule has 0 fully saturated rings. The molecule has 2 rings (SSSR count). The van der Waals surface area contributed by atoms with Crippen LogP contribution < -0.4 is 0 Å². The summed E-state index contributed by atoms with van der Waals surface area (Å²) in [5.41, 5.74) is 3.43. The number of aliphatic hydroxyl groups is 1. The largest absolute Gasteiger partial charge is 0.388 e. The first-order valence-electron chi connectivity index (χ1n) is 7.54. The van der Waals surface area contributed by atoms with Gasteiger partial charge in [-0.15, -0.1) is 0 Å². The monoisotopic (exact) mass is 268 g/mol. The van der Waals surface area contributed by atoms with E-state index in [4.69, 9.17) is 0 Å². The van der Waals surface area contributed by atoms with Crippen LogP contribution in [0.25, 0.3) is 11.1 Å². The summed E-state index contributed by atoms with van der Waals surface area (Å²) in [6.07, 6.45) is 2.86. The van der Waals surface area contributed by atoms with Crippen molar-refractivity contribution in [1.82, 2.24) is 0 Å². The van der Waals surface area contributed by atoms with E-state index in [0.717, 1.165) is 12.0 Å². The molecule has 0 heterocycles. The predicted molar refractivity (Wildman–Crippen MR) is 85.5 cm³/mol. The highest BCUT2D eigenvalue weighted by molar-refractivity contribution is 5.63. The van der Waals surface area contributed by atoms with E-state index in [9.17, 15) is 5.11 Å². The summed E-state index contributed by atoms with van der Waals surface area (Å²) in [7, 11) is 0. The number of aliphatic hydroxyl groups excluding tert-OH is 1. The van der Waals surface area contributed by atoms with Gasteiger partial charge in [0.25, 0.3) is 0 Å². The Balaban J connectivity index is 2.04.